The van der Waals surface area contributed by atoms with Crippen LogP contribution in [0.1, 0.15) is 20.8 Å². The maximum Gasteiger partial charge on any atom is 0.442 e. The predicted octanol–water partition coefficient (Wildman–Crippen LogP) is 2.35. The van der Waals surface area contributed by atoms with Crippen LogP contribution in [0.3, 0.4) is 0 Å². The Balaban J connectivity index is 4.70. The Bertz CT molecular complexity index is 247. The monoisotopic (exact) mass is 193 g/mol. The van der Waals surface area contributed by atoms with E-state index in [1.54, 1.807) is 0 Å². The summed E-state index contributed by atoms with van der Waals surface area (Å²) in [4.78, 5) is 4.23. The fourth-order valence-corrected chi connectivity index (χ4v) is 0.343. The third-order valence-electron chi connectivity index (χ3n) is 1.23. The second-order valence-corrected chi connectivity index (χ2v) is 2.81. The van der Waals surface area contributed by atoms with Gasteiger partial charge in [-0.15, -0.1) is 6.42 Å². The van der Waals surface area contributed by atoms with Crippen LogP contribution in [0.25, 0.3) is 0 Å². The molecule has 0 aliphatic rings. The molecular weight excluding hydrogens is 183 g/mol. The van der Waals surface area contributed by atoms with Gasteiger partial charge in [0.25, 0.3) is 5.60 Å². The molecule has 5 heteroatoms. The van der Waals surface area contributed by atoms with Crippen molar-refractivity contribution in [1.29, 1.82) is 0 Å². The molecule has 0 N–H and O–H groups in total. The van der Waals surface area contributed by atoms with Crippen LogP contribution in [0, 0.1) is 12.3 Å². The number of hydrogen-bond donors (Lipinski definition) is 0. The third kappa shape index (κ3) is 2.98. The van der Waals surface area contributed by atoms with Gasteiger partial charge in [-0.1, -0.05) is 5.16 Å². The molecule has 0 aromatic heterocycles. The van der Waals surface area contributed by atoms with Crippen molar-refractivity contribution in [3.8, 4) is 12.3 Å². The molecule has 0 aliphatic carbocycles. The number of alkyl halides is 3. The molecule has 0 heterocycles. The lowest BCUT2D eigenvalue weighted by Crippen LogP contribution is -2.42. The van der Waals surface area contributed by atoms with E-state index in [0.29, 0.717) is 5.71 Å². The summed E-state index contributed by atoms with van der Waals surface area (Å²) in [5.41, 5.74) is -2.28. The van der Waals surface area contributed by atoms with E-state index in [2.05, 4.69) is 9.99 Å². The molecule has 0 aromatic carbocycles. The highest BCUT2D eigenvalue weighted by Gasteiger charge is 2.53. The smallest absolute Gasteiger partial charge is 0.367 e. The van der Waals surface area contributed by atoms with E-state index in [9.17, 15) is 13.2 Å². The van der Waals surface area contributed by atoms with Gasteiger partial charge in [-0.2, -0.15) is 13.2 Å². The van der Waals surface area contributed by atoms with Crippen molar-refractivity contribution in [2.24, 2.45) is 5.16 Å². The molecule has 2 nitrogen and oxygen atoms in total. The number of hydrogen-bond acceptors (Lipinski definition) is 2. The summed E-state index contributed by atoms with van der Waals surface area (Å²) in [5.74, 6) is 1.52. The number of terminal acetylenes is 1. The predicted molar refractivity (Wildman–Crippen MR) is 43.2 cm³/mol. The molecule has 1 unspecified atom stereocenters. The van der Waals surface area contributed by atoms with Crippen molar-refractivity contribution in [3.63, 3.8) is 0 Å². The van der Waals surface area contributed by atoms with Crippen molar-refractivity contribution in [2.45, 2.75) is 32.5 Å². The molecule has 13 heavy (non-hydrogen) atoms. The van der Waals surface area contributed by atoms with Gasteiger partial charge in [-0.3, -0.25) is 0 Å². The molecule has 0 rings (SSSR count). The Morgan fingerprint density at radius 2 is 1.85 bits per heavy atom. The molecular formula is C8H10F3NO. The van der Waals surface area contributed by atoms with Gasteiger partial charge in [0.15, 0.2) is 0 Å². The first-order valence-electron chi connectivity index (χ1n) is 3.47. The topological polar surface area (TPSA) is 21.6 Å². The number of halogens is 3. The van der Waals surface area contributed by atoms with E-state index in [-0.39, 0.29) is 0 Å². The highest BCUT2D eigenvalue weighted by Crippen LogP contribution is 2.32. The van der Waals surface area contributed by atoms with Crippen LogP contribution in [0.5, 0.6) is 0 Å². The summed E-state index contributed by atoms with van der Waals surface area (Å²) in [6.45, 7) is 3.76. The molecule has 74 valence electrons. The molecule has 0 spiro atoms. The average molecular weight is 193 g/mol. The fraction of sp³-hybridized carbons (Fsp3) is 0.625. The van der Waals surface area contributed by atoms with Gasteiger partial charge in [0.2, 0.25) is 0 Å². The summed E-state index contributed by atoms with van der Waals surface area (Å²) < 4.78 is 36.7. The Morgan fingerprint density at radius 1 is 1.38 bits per heavy atom. The molecule has 1 atom stereocenters. The Labute approximate surface area is 74.8 Å². The van der Waals surface area contributed by atoms with Crippen molar-refractivity contribution in [1.82, 2.24) is 0 Å². The lowest BCUT2D eigenvalue weighted by Gasteiger charge is -2.23. The minimum Gasteiger partial charge on any atom is -0.367 e. The Morgan fingerprint density at radius 3 is 2.08 bits per heavy atom. The summed E-state index contributed by atoms with van der Waals surface area (Å²) in [7, 11) is 0. The molecule has 0 aliphatic heterocycles. The van der Waals surface area contributed by atoms with Crippen molar-refractivity contribution >= 4 is 5.71 Å². The summed E-state index contributed by atoms with van der Waals surface area (Å²) in [6, 6.07) is 0. The van der Waals surface area contributed by atoms with Crippen LogP contribution < -0.4 is 0 Å². The first-order valence-corrected chi connectivity index (χ1v) is 3.47. The zero-order valence-electron chi connectivity index (χ0n) is 7.57. The summed E-state index contributed by atoms with van der Waals surface area (Å²) in [6.07, 6.45) is 0.0908. The minimum absolute atomic E-state index is 0.366. The third-order valence-corrected chi connectivity index (χ3v) is 1.23. The van der Waals surface area contributed by atoms with E-state index in [1.807, 2.05) is 0 Å². The quantitative estimate of drug-likeness (QED) is 0.374. The maximum atomic E-state index is 12.2. The number of oxime groups is 1. The van der Waals surface area contributed by atoms with E-state index < -0.39 is 11.8 Å². The normalized spacial score (nSPS) is 15.5. The van der Waals surface area contributed by atoms with Gasteiger partial charge < -0.3 is 4.84 Å². The van der Waals surface area contributed by atoms with Gasteiger partial charge in [0.1, 0.15) is 0 Å². The molecule has 0 radical (unpaired) electrons. The second kappa shape index (κ2) is 3.69. The highest BCUT2D eigenvalue weighted by molar-refractivity contribution is 5.78. The largest absolute Gasteiger partial charge is 0.442 e. The highest BCUT2D eigenvalue weighted by atomic mass is 19.4. The van der Waals surface area contributed by atoms with Gasteiger partial charge in [-0.25, -0.2) is 0 Å². The second-order valence-electron chi connectivity index (χ2n) is 2.81. The van der Waals surface area contributed by atoms with E-state index >= 15 is 0 Å². The maximum absolute atomic E-state index is 12.2. The van der Waals surface area contributed by atoms with Crippen LogP contribution >= 0.6 is 0 Å². The number of nitrogens with zero attached hydrogens (tertiary/aromatic N) is 1. The standard InChI is InChI=1S/C8H10F3NO/c1-5-7(4,8(9,10)11)13-12-6(2)3/h1H,2-4H3. The van der Waals surface area contributed by atoms with Gasteiger partial charge in [-0.05, 0) is 26.7 Å². The van der Waals surface area contributed by atoms with Crippen LogP contribution in [0.2, 0.25) is 0 Å². The van der Waals surface area contributed by atoms with Crippen molar-refractivity contribution in [3.05, 3.63) is 0 Å². The van der Waals surface area contributed by atoms with Crippen molar-refractivity contribution in [2.75, 3.05) is 0 Å². The molecule has 0 saturated carbocycles. The van der Waals surface area contributed by atoms with Crippen LogP contribution in [-0.4, -0.2) is 17.5 Å². The van der Waals surface area contributed by atoms with Gasteiger partial charge in [0.05, 0.1) is 5.71 Å². The zero-order chi connectivity index (χ0) is 10.7. The van der Waals surface area contributed by atoms with Crippen molar-refractivity contribution < 1.29 is 18.0 Å². The van der Waals surface area contributed by atoms with Crippen LogP contribution in [-0.2, 0) is 4.84 Å². The first kappa shape index (κ1) is 11.8. The molecule has 0 bridgehead atoms. The van der Waals surface area contributed by atoms with Gasteiger partial charge in [0, 0.05) is 0 Å². The first-order chi connectivity index (χ1) is 5.73. The number of rotatable bonds is 2. The average Bonchev–Trinajstić information content (AvgIpc) is 1.98. The van der Waals surface area contributed by atoms with E-state index in [0.717, 1.165) is 6.92 Å². The summed E-state index contributed by atoms with van der Waals surface area (Å²) >= 11 is 0. The lowest BCUT2D eigenvalue weighted by atomic mass is 10.1. The van der Waals surface area contributed by atoms with E-state index in [1.165, 1.54) is 19.8 Å². The fourth-order valence-electron chi connectivity index (χ4n) is 0.343. The molecule has 0 amide bonds. The molecule has 0 aromatic rings. The Kier molecular flexibility index (Phi) is 3.35. The van der Waals surface area contributed by atoms with E-state index in [4.69, 9.17) is 6.42 Å². The minimum atomic E-state index is -4.62. The molecule has 0 fully saturated rings. The van der Waals surface area contributed by atoms with Gasteiger partial charge >= 0.3 is 6.18 Å². The summed E-state index contributed by atoms with van der Waals surface area (Å²) in [5, 5.41) is 3.19. The molecule has 0 saturated heterocycles. The lowest BCUT2D eigenvalue weighted by molar-refractivity contribution is -0.246. The Hall–Kier alpha value is -1.18. The van der Waals surface area contributed by atoms with Crippen LogP contribution in [0.4, 0.5) is 13.2 Å². The van der Waals surface area contributed by atoms with Crippen LogP contribution in [0.15, 0.2) is 5.16 Å². The zero-order valence-corrected chi connectivity index (χ0v) is 7.57. The SMILES string of the molecule is C#CC(C)(ON=C(C)C)C(F)(F)F.